The fraction of sp³-hybridized carbons (Fsp3) is 0.526. The van der Waals surface area contributed by atoms with Gasteiger partial charge in [0, 0.05) is 6.42 Å². The molecular formula is C19H27NO6. The van der Waals surface area contributed by atoms with Gasteiger partial charge in [-0.05, 0) is 59.2 Å². The van der Waals surface area contributed by atoms with Gasteiger partial charge in [-0.1, -0.05) is 12.1 Å². The molecule has 144 valence electrons. The summed E-state index contributed by atoms with van der Waals surface area (Å²) in [5.41, 5.74) is -0.464. The number of amides is 1. The van der Waals surface area contributed by atoms with Gasteiger partial charge in [-0.25, -0.2) is 14.4 Å². The number of carbonyl (C=O) groups is 3. The monoisotopic (exact) mass is 365 g/mol. The van der Waals surface area contributed by atoms with E-state index in [1.54, 1.807) is 65.8 Å². The molecule has 0 unspecified atom stereocenters. The van der Waals surface area contributed by atoms with Gasteiger partial charge in [0.15, 0.2) is 0 Å². The minimum atomic E-state index is -1.20. The Balaban J connectivity index is 2.87. The van der Waals surface area contributed by atoms with Crippen LogP contribution in [0.4, 0.5) is 4.79 Å². The molecule has 0 saturated carbocycles. The standard InChI is InChI=1S/C19H27NO6/c1-18(2,3)25-16(23)13-9-7-8-12(10-13)11-14(15(21)22)20-17(24)26-19(4,5)6/h7-10,14H,11H2,1-6H3,(H,20,24)(H,21,22)/t14-/m0/s1. The molecule has 2 N–H and O–H groups in total. The van der Waals surface area contributed by atoms with Crippen molar-refractivity contribution in [3.8, 4) is 0 Å². The number of ether oxygens (including phenoxy) is 2. The Morgan fingerprint density at radius 3 is 2.12 bits per heavy atom. The second-order valence-corrected chi connectivity index (χ2v) is 7.94. The van der Waals surface area contributed by atoms with E-state index in [1.807, 2.05) is 0 Å². The third-order valence-electron chi connectivity index (χ3n) is 2.99. The average Bonchev–Trinajstić information content (AvgIpc) is 2.43. The zero-order chi connectivity index (χ0) is 20.1. The minimum Gasteiger partial charge on any atom is -0.480 e. The predicted molar refractivity (Wildman–Crippen MR) is 96.1 cm³/mol. The van der Waals surface area contributed by atoms with Crippen molar-refractivity contribution in [2.75, 3.05) is 0 Å². The Morgan fingerprint density at radius 1 is 1.04 bits per heavy atom. The van der Waals surface area contributed by atoms with Crippen molar-refractivity contribution in [1.29, 1.82) is 0 Å². The summed E-state index contributed by atoms with van der Waals surface area (Å²) in [5.74, 6) is -1.69. The maximum Gasteiger partial charge on any atom is 0.408 e. The van der Waals surface area contributed by atoms with Crippen LogP contribution in [0.3, 0.4) is 0 Å². The van der Waals surface area contributed by atoms with E-state index in [2.05, 4.69) is 5.32 Å². The summed E-state index contributed by atoms with van der Waals surface area (Å²) in [4.78, 5) is 35.4. The van der Waals surface area contributed by atoms with E-state index < -0.39 is 35.3 Å². The third-order valence-corrected chi connectivity index (χ3v) is 2.99. The summed E-state index contributed by atoms with van der Waals surface area (Å²) in [6, 6.07) is 5.29. The third kappa shape index (κ3) is 8.00. The zero-order valence-electron chi connectivity index (χ0n) is 16.1. The van der Waals surface area contributed by atoms with E-state index in [9.17, 15) is 19.5 Å². The smallest absolute Gasteiger partial charge is 0.408 e. The number of rotatable bonds is 5. The molecule has 0 aliphatic carbocycles. The van der Waals surface area contributed by atoms with Gasteiger partial charge >= 0.3 is 18.0 Å². The first kappa shape index (κ1) is 21.5. The quantitative estimate of drug-likeness (QED) is 0.777. The average molecular weight is 365 g/mol. The fourth-order valence-electron chi connectivity index (χ4n) is 2.05. The van der Waals surface area contributed by atoms with Crippen molar-refractivity contribution in [3.63, 3.8) is 0 Å². The van der Waals surface area contributed by atoms with Gasteiger partial charge < -0.3 is 19.9 Å². The van der Waals surface area contributed by atoms with Crippen LogP contribution >= 0.6 is 0 Å². The second-order valence-electron chi connectivity index (χ2n) is 7.94. The highest BCUT2D eigenvalue weighted by atomic mass is 16.6. The normalized spacial score (nSPS) is 12.8. The first-order valence-electron chi connectivity index (χ1n) is 8.31. The van der Waals surface area contributed by atoms with E-state index in [-0.39, 0.29) is 6.42 Å². The summed E-state index contributed by atoms with van der Waals surface area (Å²) < 4.78 is 10.4. The Morgan fingerprint density at radius 2 is 1.62 bits per heavy atom. The van der Waals surface area contributed by atoms with Gasteiger partial charge in [0.05, 0.1) is 5.56 Å². The van der Waals surface area contributed by atoms with Crippen LogP contribution in [0.5, 0.6) is 0 Å². The molecule has 0 radical (unpaired) electrons. The highest BCUT2D eigenvalue weighted by molar-refractivity contribution is 5.90. The van der Waals surface area contributed by atoms with Crippen molar-refractivity contribution in [2.45, 2.75) is 65.2 Å². The van der Waals surface area contributed by atoms with Crippen LogP contribution < -0.4 is 5.32 Å². The molecule has 1 rings (SSSR count). The number of aliphatic carboxylic acids is 1. The summed E-state index contributed by atoms with van der Waals surface area (Å²) >= 11 is 0. The first-order valence-corrected chi connectivity index (χ1v) is 8.31. The summed E-state index contributed by atoms with van der Waals surface area (Å²) in [6.45, 7) is 10.4. The van der Waals surface area contributed by atoms with Crippen LogP contribution in [0.25, 0.3) is 0 Å². The van der Waals surface area contributed by atoms with Crippen LogP contribution in [-0.4, -0.2) is 40.4 Å². The molecule has 1 aromatic rings. The lowest BCUT2D eigenvalue weighted by Crippen LogP contribution is -2.44. The molecule has 7 nitrogen and oxygen atoms in total. The zero-order valence-corrected chi connectivity index (χ0v) is 16.1. The molecule has 26 heavy (non-hydrogen) atoms. The maximum atomic E-state index is 12.1. The molecule has 0 spiro atoms. The minimum absolute atomic E-state index is 0.00517. The first-order chi connectivity index (χ1) is 11.8. The Labute approximate surface area is 153 Å². The SMILES string of the molecule is CC(C)(C)OC(=O)N[C@@H](Cc1cccc(C(=O)OC(C)(C)C)c1)C(=O)O. The van der Waals surface area contributed by atoms with Gasteiger partial charge in [0.2, 0.25) is 0 Å². The van der Waals surface area contributed by atoms with Crippen molar-refractivity contribution in [3.05, 3.63) is 35.4 Å². The number of nitrogens with one attached hydrogen (secondary N) is 1. The topological polar surface area (TPSA) is 102 Å². The molecule has 0 bridgehead atoms. The van der Waals surface area contributed by atoms with Gasteiger partial charge in [-0.3, -0.25) is 0 Å². The van der Waals surface area contributed by atoms with Crippen molar-refractivity contribution in [1.82, 2.24) is 5.32 Å². The largest absolute Gasteiger partial charge is 0.480 e. The lowest BCUT2D eigenvalue weighted by Gasteiger charge is -2.22. The van der Waals surface area contributed by atoms with Crippen LogP contribution in [0, 0.1) is 0 Å². The van der Waals surface area contributed by atoms with Crippen molar-refractivity contribution < 1.29 is 29.0 Å². The Hall–Kier alpha value is -2.57. The van der Waals surface area contributed by atoms with E-state index in [4.69, 9.17) is 9.47 Å². The molecule has 7 heteroatoms. The summed E-state index contributed by atoms with van der Waals surface area (Å²) in [5, 5.41) is 11.7. The van der Waals surface area contributed by atoms with E-state index in [0.717, 1.165) is 0 Å². The Kier molecular flexibility index (Phi) is 6.78. The van der Waals surface area contributed by atoms with Crippen LogP contribution in [0.15, 0.2) is 24.3 Å². The number of carboxylic acids is 1. The molecule has 1 atom stereocenters. The van der Waals surface area contributed by atoms with Crippen LogP contribution in [0.2, 0.25) is 0 Å². The van der Waals surface area contributed by atoms with Crippen molar-refractivity contribution >= 4 is 18.0 Å². The van der Waals surface area contributed by atoms with Crippen LogP contribution in [0.1, 0.15) is 57.5 Å². The van der Waals surface area contributed by atoms with Gasteiger partial charge in [-0.2, -0.15) is 0 Å². The van der Waals surface area contributed by atoms with Gasteiger partial charge in [0.25, 0.3) is 0 Å². The number of hydrogen-bond acceptors (Lipinski definition) is 5. The second kappa shape index (κ2) is 8.21. The van der Waals surface area contributed by atoms with E-state index in [1.165, 1.54) is 0 Å². The van der Waals surface area contributed by atoms with Gasteiger partial charge in [-0.15, -0.1) is 0 Å². The highest BCUT2D eigenvalue weighted by Gasteiger charge is 2.25. The number of carbonyl (C=O) groups excluding carboxylic acids is 2. The molecule has 0 aromatic heterocycles. The summed E-state index contributed by atoms with van der Waals surface area (Å²) in [7, 11) is 0. The number of alkyl carbamates (subject to hydrolysis) is 1. The highest BCUT2D eigenvalue weighted by Crippen LogP contribution is 2.15. The molecule has 0 aliphatic heterocycles. The number of benzene rings is 1. The van der Waals surface area contributed by atoms with Gasteiger partial charge in [0.1, 0.15) is 17.2 Å². The maximum absolute atomic E-state index is 12.1. The molecule has 1 aromatic carbocycles. The number of esters is 1. The Bertz CT molecular complexity index is 669. The number of carboxylic acid groups (broad SMARTS) is 1. The molecule has 0 heterocycles. The number of hydrogen-bond donors (Lipinski definition) is 2. The lowest BCUT2D eigenvalue weighted by molar-refractivity contribution is -0.139. The molecule has 0 aliphatic rings. The fourth-order valence-corrected chi connectivity index (χ4v) is 2.05. The van der Waals surface area contributed by atoms with E-state index >= 15 is 0 Å². The van der Waals surface area contributed by atoms with E-state index in [0.29, 0.717) is 11.1 Å². The molecular weight excluding hydrogens is 338 g/mol. The molecule has 0 fully saturated rings. The molecule has 1 amide bonds. The molecule has 0 saturated heterocycles. The van der Waals surface area contributed by atoms with Crippen LogP contribution in [-0.2, 0) is 20.7 Å². The predicted octanol–water partition coefficient (Wildman–Crippen LogP) is 3.16. The van der Waals surface area contributed by atoms with Crippen molar-refractivity contribution in [2.24, 2.45) is 0 Å². The lowest BCUT2D eigenvalue weighted by atomic mass is 10.0. The summed E-state index contributed by atoms with van der Waals surface area (Å²) in [6.07, 6.45) is -0.807.